The van der Waals surface area contributed by atoms with Crippen molar-refractivity contribution in [1.82, 2.24) is 0 Å². The summed E-state index contributed by atoms with van der Waals surface area (Å²) in [7, 11) is 1.56. The Hall–Kier alpha value is -3.28. The molecule has 2 aromatic carbocycles. The summed E-state index contributed by atoms with van der Waals surface area (Å²) >= 11 is 0. The van der Waals surface area contributed by atoms with E-state index in [9.17, 15) is 9.59 Å². The van der Waals surface area contributed by atoms with Crippen molar-refractivity contribution < 1.29 is 23.8 Å². The normalized spacial score (nSPS) is 12.7. The van der Waals surface area contributed by atoms with Gasteiger partial charge in [-0.15, -0.1) is 0 Å². The highest BCUT2D eigenvalue weighted by Crippen LogP contribution is 2.40. The number of carbonyl (C=O) groups is 2. The van der Waals surface area contributed by atoms with Gasteiger partial charge >= 0.3 is 0 Å². The summed E-state index contributed by atoms with van der Waals surface area (Å²) in [5.74, 6) is 1.36. The van der Waals surface area contributed by atoms with Crippen LogP contribution < -0.4 is 19.5 Å². The van der Waals surface area contributed by atoms with E-state index >= 15 is 0 Å². The number of rotatable bonds is 5. The molecule has 0 saturated carbocycles. The van der Waals surface area contributed by atoms with Crippen LogP contribution in [-0.2, 0) is 4.79 Å². The zero-order valence-corrected chi connectivity index (χ0v) is 14.6. The average molecular weight is 353 g/mol. The summed E-state index contributed by atoms with van der Waals surface area (Å²) in [5.41, 5.74) is 1.83. The summed E-state index contributed by atoms with van der Waals surface area (Å²) in [6.45, 7) is 2.36. The molecule has 1 amide bonds. The molecule has 26 heavy (non-hydrogen) atoms. The SMILES string of the molecule is COc1cc(/C=C/C(=O)c2cccc(NC(C)=O)c2)cc2c1OCCO2. The van der Waals surface area contributed by atoms with Crippen molar-refractivity contribution in [3.63, 3.8) is 0 Å². The second-order valence-corrected chi connectivity index (χ2v) is 5.71. The Balaban J connectivity index is 1.81. The summed E-state index contributed by atoms with van der Waals surface area (Å²) in [6, 6.07) is 10.4. The molecule has 1 heterocycles. The third-order valence-corrected chi connectivity index (χ3v) is 3.74. The summed E-state index contributed by atoms with van der Waals surface area (Å²) in [4.78, 5) is 23.6. The molecule has 1 aliphatic heterocycles. The molecule has 6 nitrogen and oxygen atoms in total. The van der Waals surface area contributed by atoms with Gasteiger partial charge in [-0.05, 0) is 35.9 Å². The molecule has 134 valence electrons. The smallest absolute Gasteiger partial charge is 0.221 e. The van der Waals surface area contributed by atoms with Crippen LogP contribution in [-0.4, -0.2) is 32.0 Å². The first kappa shape index (κ1) is 17.5. The van der Waals surface area contributed by atoms with E-state index < -0.39 is 0 Å². The maximum absolute atomic E-state index is 12.4. The molecular weight excluding hydrogens is 334 g/mol. The minimum Gasteiger partial charge on any atom is -0.493 e. The van der Waals surface area contributed by atoms with Crippen LogP contribution in [0.5, 0.6) is 17.2 Å². The first-order chi connectivity index (χ1) is 12.6. The van der Waals surface area contributed by atoms with E-state index in [0.29, 0.717) is 41.7 Å². The van der Waals surface area contributed by atoms with Crippen molar-refractivity contribution in [3.8, 4) is 17.2 Å². The quantitative estimate of drug-likeness (QED) is 0.659. The minimum atomic E-state index is -0.187. The van der Waals surface area contributed by atoms with E-state index in [0.717, 1.165) is 5.56 Å². The Morgan fingerprint density at radius 1 is 1.15 bits per heavy atom. The van der Waals surface area contributed by atoms with Gasteiger partial charge in [-0.3, -0.25) is 9.59 Å². The fourth-order valence-corrected chi connectivity index (χ4v) is 2.61. The number of amides is 1. The Morgan fingerprint density at radius 3 is 2.73 bits per heavy atom. The van der Waals surface area contributed by atoms with Crippen LogP contribution in [0.3, 0.4) is 0 Å². The van der Waals surface area contributed by atoms with Crippen LogP contribution in [0.1, 0.15) is 22.8 Å². The number of anilines is 1. The number of benzene rings is 2. The average Bonchev–Trinajstić information content (AvgIpc) is 2.65. The largest absolute Gasteiger partial charge is 0.493 e. The van der Waals surface area contributed by atoms with Gasteiger partial charge in [-0.2, -0.15) is 0 Å². The molecular formula is C20H19NO5. The van der Waals surface area contributed by atoms with Crippen LogP contribution in [0, 0.1) is 0 Å². The molecule has 0 bridgehead atoms. The van der Waals surface area contributed by atoms with E-state index in [1.807, 2.05) is 0 Å². The van der Waals surface area contributed by atoms with Gasteiger partial charge < -0.3 is 19.5 Å². The lowest BCUT2D eigenvalue weighted by Crippen LogP contribution is -2.16. The molecule has 2 aromatic rings. The highest BCUT2D eigenvalue weighted by molar-refractivity contribution is 6.07. The number of nitrogens with one attached hydrogen (secondary N) is 1. The summed E-state index contributed by atoms with van der Waals surface area (Å²) < 4.78 is 16.5. The van der Waals surface area contributed by atoms with Crippen LogP contribution in [0.15, 0.2) is 42.5 Å². The highest BCUT2D eigenvalue weighted by atomic mass is 16.6. The molecule has 0 atom stereocenters. The van der Waals surface area contributed by atoms with Crippen molar-refractivity contribution >= 4 is 23.5 Å². The molecule has 0 radical (unpaired) electrons. The van der Waals surface area contributed by atoms with Crippen molar-refractivity contribution in [2.75, 3.05) is 25.6 Å². The van der Waals surface area contributed by atoms with Crippen molar-refractivity contribution in [3.05, 3.63) is 53.6 Å². The second kappa shape index (κ2) is 7.74. The van der Waals surface area contributed by atoms with Gasteiger partial charge in [0.2, 0.25) is 11.7 Å². The Kier molecular flexibility index (Phi) is 5.22. The lowest BCUT2D eigenvalue weighted by Gasteiger charge is -2.20. The standard InChI is InChI=1S/C20H19NO5/c1-13(22)21-16-5-3-4-15(12-16)17(23)7-6-14-10-18(24-2)20-19(11-14)25-8-9-26-20/h3-7,10-12H,8-9H2,1-2H3,(H,21,22)/b7-6+. The maximum atomic E-state index is 12.4. The van der Waals surface area contributed by atoms with E-state index in [1.54, 1.807) is 49.6 Å². The number of fused-ring (bicyclic) bond motifs is 1. The molecule has 1 N–H and O–H groups in total. The number of methoxy groups -OCH3 is 1. The molecule has 0 saturated heterocycles. The minimum absolute atomic E-state index is 0.175. The third kappa shape index (κ3) is 4.03. The van der Waals surface area contributed by atoms with Gasteiger partial charge in [0.05, 0.1) is 7.11 Å². The van der Waals surface area contributed by atoms with Crippen molar-refractivity contribution in [1.29, 1.82) is 0 Å². The first-order valence-corrected chi connectivity index (χ1v) is 8.14. The number of hydrogen-bond donors (Lipinski definition) is 1. The Labute approximate surface area is 151 Å². The van der Waals surface area contributed by atoms with Gasteiger partial charge in [0, 0.05) is 18.2 Å². The monoisotopic (exact) mass is 353 g/mol. The zero-order valence-electron chi connectivity index (χ0n) is 14.6. The fraction of sp³-hybridized carbons (Fsp3) is 0.200. The predicted octanol–water partition coefficient (Wildman–Crippen LogP) is 3.32. The fourth-order valence-electron chi connectivity index (χ4n) is 2.61. The van der Waals surface area contributed by atoms with Crippen molar-refractivity contribution in [2.45, 2.75) is 6.92 Å². The number of ketones is 1. The highest BCUT2D eigenvalue weighted by Gasteiger charge is 2.17. The zero-order chi connectivity index (χ0) is 18.5. The van der Waals surface area contributed by atoms with Crippen LogP contribution in [0.4, 0.5) is 5.69 Å². The van der Waals surface area contributed by atoms with E-state index in [-0.39, 0.29) is 11.7 Å². The van der Waals surface area contributed by atoms with Gasteiger partial charge in [0.25, 0.3) is 0 Å². The maximum Gasteiger partial charge on any atom is 0.221 e. The van der Waals surface area contributed by atoms with Gasteiger partial charge in [-0.25, -0.2) is 0 Å². The molecule has 0 aromatic heterocycles. The molecule has 0 spiro atoms. The Bertz CT molecular complexity index is 855. The predicted molar refractivity (Wildman–Crippen MR) is 98.1 cm³/mol. The lowest BCUT2D eigenvalue weighted by molar-refractivity contribution is -0.114. The molecule has 0 fully saturated rings. The summed E-state index contributed by atoms with van der Waals surface area (Å²) in [5, 5.41) is 2.66. The lowest BCUT2D eigenvalue weighted by atomic mass is 10.1. The molecule has 1 aliphatic rings. The topological polar surface area (TPSA) is 73.9 Å². The number of ether oxygens (including phenoxy) is 3. The molecule has 6 heteroatoms. The molecule has 0 unspecified atom stereocenters. The van der Waals surface area contributed by atoms with Crippen LogP contribution >= 0.6 is 0 Å². The van der Waals surface area contributed by atoms with Gasteiger partial charge in [0.1, 0.15) is 13.2 Å². The Morgan fingerprint density at radius 2 is 1.96 bits per heavy atom. The molecule has 0 aliphatic carbocycles. The van der Waals surface area contributed by atoms with Crippen LogP contribution in [0.25, 0.3) is 6.08 Å². The van der Waals surface area contributed by atoms with E-state index in [2.05, 4.69) is 5.32 Å². The van der Waals surface area contributed by atoms with Crippen LogP contribution in [0.2, 0.25) is 0 Å². The third-order valence-electron chi connectivity index (χ3n) is 3.74. The first-order valence-electron chi connectivity index (χ1n) is 8.14. The number of allylic oxidation sites excluding steroid dienone is 1. The van der Waals surface area contributed by atoms with Crippen molar-refractivity contribution in [2.24, 2.45) is 0 Å². The van der Waals surface area contributed by atoms with E-state index in [4.69, 9.17) is 14.2 Å². The number of hydrogen-bond acceptors (Lipinski definition) is 5. The van der Waals surface area contributed by atoms with Gasteiger partial charge in [-0.1, -0.05) is 18.2 Å². The molecule has 3 rings (SSSR count). The number of carbonyl (C=O) groups excluding carboxylic acids is 2. The van der Waals surface area contributed by atoms with Gasteiger partial charge in [0.15, 0.2) is 17.3 Å². The summed E-state index contributed by atoms with van der Waals surface area (Å²) in [6.07, 6.45) is 3.16. The second-order valence-electron chi connectivity index (χ2n) is 5.71. The van der Waals surface area contributed by atoms with E-state index in [1.165, 1.54) is 13.0 Å².